The predicted octanol–water partition coefficient (Wildman–Crippen LogP) is 5.02. The molecule has 170 valence electrons. The van der Waals surface area contributed by atoms with E-state index in [0.29, 0.717) is 28.8 Å². The first-order chi connectivity index (χ1) is 15.3. The Morgan fingerprint density at radius 2 is 2.03 bits per heavy atom. The van der Waals surface area contributed by atoms with Crippen LogP contribution < -0.4 is 4.90 Å². The van der Waals surface area contributed by atoms with Crippen molar-refractivity contribution in [3.8, 4) is 0 Å². The van der Waals surface area contributed by atoms with Crippen LogP contribution in [0.25, 0.3) is 10.2 Å². The van der Waals surface area contributed by atoms with Gasteiger partial charge in [-0.2, -0.15) is 0 Å². The number of benzene rings is 2. The predicted molar refractivity (Wildman–Crippen MR) is 128 cm³/mol. The van der Waals surface area contributed by atoms with Gasteiger partial charge >= 0.3 is 0 Å². The SMILES string of the molecule is Cc1ccc(S(=O)(=O)CCCC(=O)N(CC2CCCO2)c2nc3c(Cl)cccc3s2)cc1. The van der Waals surface area contributed by atoms with Crippen LogP contribution in [-0.2, 0) is 19.4 Å². The van der Waals surface area contributed by atoms with Crippen molar-refractivity contribution in [2.45, 2.75) is 43.6 Å². The second-order valence-corrected chi connectivity index (χ2v) is 11.5. The second kappa shape index (κ2) is 9.87. The quantitative estimate of drug-likeness (QED) is 0.441. The normalized spacial score (nSPS) is 16.5. The number of amides is 1. The summed E-state index contributed by atoms with van der Waals surface area (Å²) in [6.07, 6.45) is 2.16. The van der Waals surface area contributed by atoms with Gasteiger partial charge in [-0.15, -0.1) is 0 Å². The summed E-state index contributed by atoms with van der Waals surface area (Å²) in [5.74, 6) is -0.240. The Morgan fingerprint density at radius 1 is 1.25 bits per heavy atom. The maximum absolute atomic E-state index is 13.2. The number of carbonyl (C=O) groups is 1. The Morgan fingerprint density at radius 3 is 2.72 bits per heavy atom. The molecule has 3 aromatic rings. The van der Waals surface area contributed by atoms with Crippen LogP contribution in [0.1, 0.15) is 31.2 Å². The largest absolute Gasteiger partial charge is 0.376 e. The van der Waals surface area contributed by atoms with Crippen LogP contribution in [0.15, 0.2) is 47.4 Å². The van der Waals surface area contributed by atoms with Gasteiger partial charge in [0.15, 0.2) is 15.0 Å². The Hall–Kier alpha value is -2.00. The third-order valence-electron chi connectivity index (χ3n) is 5.48. The molecule has 1 atom stereocenters. The molecular formula is C23H25ClN2O4S2. The van der Waals surface area contributed by atoms with Gasteiger partial charge < -0.3 is 4.74 Å². The van der Waals surface area contributed by atoms with Gasteiger partial charge in [0.1, 0.15) is 5.52 Å². The first kappa shape index (κ1) is 23.2. The van der Waals surface area contributed by atoms with Gasteiger partial charge in [0, 0.05) is 13.0 Å². The molecule has 1 aliphatic heterocycles. The number of thiazole rings is 1. The van der Waals surface area contributed by atoms with Crippen LogP contribution >= 0.6 is 22.9 Å². The number of hydrogen-bond donors (Lipinski definition) is 0. The van der Waals surface area contributed by atoms with Crippen LogP contribution in [0.5, 0.6) is 0 Å². The van der Waals surface area contributed by atoms with E-state index < -0.39 is 9.84 Å². The number of fused-ring (bicyclic) bond motifs is 1. The minimum Gasteiger partial charge on any atom is -0.376 e. The molecule has 0 radical (unpaired) electrons. The van der Waals surface area contributed by atoms with E-state index in [4.69, 9.17) is 16.3 Å². The van der Waals surface area contributed by atoms with Crippen molar-refractivity contribution >= 4 is 54.0 Å². The number of nitrogens with zero attached hydrogens (tertiary/aromatic N) is 2. The van der Waals surface area contributed by atoms with Crippen LogP contribution in [0.4, 0.5) is 5.13 Å². The summed E-state index contributed by atoms with van der Waals surface area (Å²) < 4.78 is 31.9. The van der Waals surface area contributed by atoms with Crippen molar-refractivity contribution in [1.29, 1.82) is 0 Å². The zero-order chi connectivity index (χ0) is 22.7. The number of aryl methyl sites for hydroxylation is 1. The average molecular weight is 493 g/mol. The van der Waals surface area contributed by atoms with Crippen molar-refractivity contribution in [3.63, 3.8) is 0 Å². The third kappa shape index (κ3) is 5.31. The molecule has 0 N–H and O–H groups in total. The molecule has 1 unspecified atom stereocenters. The van der Waals surface area contributed by atoms with Crippen molar-refractivity contribution in [3.05, 3.63) is 53.1 Å². The molecule has 32 heavy (non-hydrogen) atoms. The summed E-state index contributed by atoms with van der Waals surface area (Å²) >= 11 is 7.68. The van der Waals surface area contributed by atoms with Gasteiger partial charge in [-0.25, -0.2) is 13.4 Å². The Balaban J connectivity index is 1.48. The van der Waals surface area contributed by atoms with Crippen LogP contribution in [0, 0.1) is 6.92 Å². The average Bonchev–Trinajstić information content (AvgIpc) is 3.42. The molecule has 1 amide bonds. The lowest BCUT2D eigenvalue weighted by Gasteiger charge is -2.23. The summed E-state index contributed by atoms with van der Waals surface area (Å²) in [4.78, 5) is 19.7. The topological polar surface area (TPSA) is 76.6 Å². The Bertz CT molecular complexity index is 1200. The zero-order valence-corrected chi connectivity index (χ0v) is 20.2. The number of rotatable bonds is 8. The molecule has 6 nitrogen and oxygen atoms in total. The molecule has 0 saturated carbocycles. The molecule has 0 aliphatic carbocycles. The van der Waals surface area contributed by atoms with Crippen LogP contribution in [0.2, 0.25) is 5.02 Å². The first-order valence-corrected chi connectivity index (χ1v) is 13.4. The number of sulfone groups is 1. The molecule has 1 fully saturated rings. The summed E-state index contributed by atoms with van der Waals surface area (Å²) in [7, 11) is -3.44. The van der Waals surface area contributed by atoms with E-state index in [-0.39, 0.29) is 35.5 Å². The van der Waals surface area contributed by atoms with E-state index in [1.807, 2.05) is 19.1 Å². The van der Waals surface area contributed by atoms with Crippen molar-refractivity contribution < 1.29 is 17.9 Å². The maximum Gasteiger partial charge on any atom is 0.228 e. The molecule has 1 saturated heterocycles. The number of ether oxygens (including phenoxy) is 1. The summed E-state index contributed by atoms with van der Waals surface area (Å²) in [5, 5.41) is 1.11. The minimum atomic E-state index is -3.44. The van der Waals surface area contributed by atoms with Gasteiger partial charge in [-0.05, 0) is 50.5 Å². The molecule has 0 bridgehead atoms. The smallest absolute Gasteiger partial charge is 0.228 e. The number of para-hydroxylation sites is 1. The number of anilines is 1. The van der Waals surface area contributed by atoms with E-state index in [2.05, 4.69) is 4.98 Å². The standard InChI is InChI=1S/C23H25ClN2O4S2/c1-16-9-11-18(12-10-16)32(28,29)14-4-8-21(27)26(15-17-5-3-13-30-17)23-25-22-19(24)6-2-7-20(22)31-23/h2,6-7,9-12,17H,3-5,8,13-15H2,1H3. The fraction of sp³-hybridized carbons (Fsp3) is 0.391. The van der Waals surface area contributed by atoms with Gasteiger partial charge in [-0.3, -0.25) is 9.69 Å². The molecule has 2 aromatic carbocycles. The molecule has 0 spiro atoms. The van der Waals surface area contributed by atoms with Crippen LogP contribution in [-0.4, -0.2) is 44.3 Å². The zero-order valence-electron chi connectivity index (χ0n) is 17.8. The highest BCUT2D eigenvalue weighted by molar-refractivity contribution is 7.91. The highest BCUT2D eigenvalue weighted by Gasteiger charge is 2.27. The van der Waals surface area contributed by atoms with Gasteiger partial charge in [0.25, 0.3) is 0 Å². The maximum atomic E-state index is 13.2. The van der Waals surface area contributed by atoms with Gasteiger partial charge in [0.2, 0.25) is 5.91 Å². The monoisotopic (exact) mass is 492 g/mol. The van der Waals surface area contributed by atoms with Crippen LogP contribution in [0.3, 0.4) is 0 Å². The highest BCUT2D eigenvalue weighted by atomic mass is 35.5. The minimum absolute atomic E-state index is 0.0438. The number of hydrogen-bond acceptors (Lipinski definition) is 6. The second-order valence-electron chi connectivity index (χ2n) is 7.96. The van der Waals surface area contributed by atoms with Gasteiger partial charge in [-0.1, -0.05) is 46.7 Å². The van der Waals surface area contributed by atoms with E-state index in [0.717, 1.165) is 23.1 Å². The van der Waals surface area contributed by atoms with Gasteiger partial charge in [0.05, 0.1) is 33.0 Å². The molecule has 9 heteroatoms. The Labute approximate surface area is 197 Å². The fourth-order valence-electron chi connectivity index (χ4n) is 3.71. The fourth-order valence-corrected chi connectivity index (χ4v) is 6.31. The summed E-state index contributed by atoms with van der Waals surface area (Å²) in [6, 6.07) is 12.3. The van der Waals surface area contributed by atoms with E-state index in [1.165, 1.54) is 11.3 Å². The van der Waals surface area contributed by atoms with E-state index in [9.17, 15) is 13.2 Å². The molecular weight excluding hydrogens is 468 g/mol. The lowest BCUT2D eigenvalue weighted by atomic mass is 10.2. The van der Waals surface area contributed by atoms with E-state index >= 15 is 0 Å². The molecule has 1 aromatic heterocycles. The molecule has 4 rings (SSSR count). The highest BCUT2D eigenvalue weighted by Crippen LogP contribution is 2.34. The number of carbonyl (C=O) groups excluding carboxylic acids is 1. The molecule has 1 aliphatic rings. The lowest BCUT2D eigenvalue weighted by Crippen LogP contribution is -2.37. The van der Waals surface area contributed by atoms with Crippen molar-refractivity contribution in [2.75, 3.05) is 23.8 Å². The van der Waals surface area contributed by atoms with Crippen molar-refractivity contribution in [1.82, 2.24) is 4.98 Å². The Kier molecular flexibility index (Phi) is 7.14. The number of halogens is 1. The summed E-state index contributed by atoms with van der Waals surface area (Å²) in [5.41, 5.74) is 1.67. The summed E-state index contributed by atoms with van der Waals surface area (Å²) in [6.45, 7) is 3.00. The first-order valence-electron chi connectivity index (χ1n) is 10.6. The lowest BCUT2D eigenvalue weighted by molar-refractivity contribution is -0.119. The number of aromatic nitrogens is 1. The third-order valence-corrected chi connectivity index (χ3v) is 8.65. The molecule has 2 heterocycles. The van der Waals surface area contributed by atoms with Crippen molar-refractivity contribution in [2.24, 2.45) is 0 Å². The van der Waals surface area contributed by atoms with E-state index in [1.54, 1.807) is 35.2 Å².